The van der Waals surface area contributed by atoms with Crippen molar-refractivity contribution in [1.29, 1.82) is 0 Å². The van der Waals surface area contributed by atoms with Crippen molar-refractivity contribution in [2.45, 2.75) is 6.42 Å². The quantitative estimate of drug-likeness (QED) is 0.757. The van der Waals surface area contributed by atoms with Crippen molar-refractivity contribution in [3.05, 3.63) is 60.3 Å². The molecule has 3 aromatic rings. The van der Waals surface area contributed by atoms with Crippen LogP contribution in [0.25, 0.3) is 16.9 Å². The molecule has 1 heterocycles. The third kappa shape index (κ3) is 3.12. The Bertz CT molecular complexity index is 827. The molecule has 0 saturated carbocycles. The minimum atomic E-state index is 0.556. The molecule has 0 saturated heterocycles. The summed E-state index contributed by atoms with van der Waals surface area (Å²) in [6.07, 6.45) is 0.721. The molecule has 0 spiro atoms. The lowest BCUT2D eigenvalue weighted by atomic mass is 10.1. The first-order valence-corrected chi connectivity index (χ1v) is 7.83. The Hall–Kier alpha value is -2.79. The fourth-order valence-electron chi connectivity index (χ4n) is 2.69. The van der Waals surface area contributed by atoms with Gasteiger partial charge in [-0.1, -0.05) is 18.2 Å². The van der Waals surface area contributed by atoms with Crippen molar-refractivity contribution in [2.24, 2.45) is 5.73 Å². The van der Waals surface area contributed by atoms with Crippen molar-refractivity contribution < 1.29 is 9.47 Å². The molecule has 1 aromatic heterocycles. The number of methoxy groups -OCH3 is 2. The second kappa shape index (κ2) is 7.19. The number of hydrogen-bond donors (Lipinski definition) is 1. The van der Waals surface area contributed by atoms with Crippen molar-refractivity contribution in [3.8, 4) is 28.4 Å². The fourth-order valence-corrected chi connectivity index (χ4v) is 2.69. The summed E-state index contributed by atoms with van der Waals surface area (Å²) in [4.78, 5) is 0. The molecule has 5 nitrogen and oxygen atoms in total. The predicted molar refractivity (Wildman–Crippen MR) is 94.9 cm³/mol. The highest BCUT2D eigenvalue weighted by atomic mass is 16.5. The van der Waals surface area contributed by atoms with Crippen LogP contribution in [0.15, 0.2) is 54.6 Å². The molecule has 0 amide bonds. The molecule has 0 radical (unpaired) electrons. The Morgan fingerprint density at radius 2 is 1.83 bits per heavy atom. The summed E-state index contributed by atoms with van der Waals surface area (Å²) < 4.78 is 12.8. The van der Waals surface area contributed by atoms with Gasteiger partial charge in [0.1, 0.15) is 11.5 Å². The van der Waals surface area contributed by atoms with E-state index in [1.807, 2.05) is 53.2 Å². The summed E-state index contributed by atoms with van der Waals surface area (Å²) in [7, 11) is 3.33. The van der Waals surface area contributed by atoms with Gasteiger partial charge in [0.05, 0.1) is 31.3 Å². The van der Waals surface area contributed by atoms with E-state index in [0.717, 1.165) is 40.6 Å². The van der Waals surface area contributed by atoms with Crippen LogP contribution in [0.1, 0.15) is 5.69 Å². The first-order valence-electron chi connectivity index (χ1n) is 7.83. The second-order valence-electron chi connectivity index (χ2n) is 5.37. The zero-order valence-corrected chi connectivity index (χ0v) is 13.9. The van der Waals surface area contributed by atoms with Gasteiger partial charge in [-0.15, -0.1) is 0 Å². The molecule has 2 aromatic carbocycles. The lowest BCUT2D eigenvalue weighted by molar-refractivity contribution is 0.414. The molecule has 0 fully saturated rings. The maximum absolute atomic E-state index is 5.71. The number of ether oxygens (including phenoxy) is 2. The number of nitrogens with zero attached hydrogens (tertiary/aromatic N) is 2. The van der Waals surface area contributed by atoms with E-state index >= 15 is 0 Å². The average Bonchev–Trinajstić information content (AvgIpc) is 3.06. The molecule has 2 N–H and O–H groups in total. The fraction of sp³-hybridized carbons (Fsp3) is 0.211. The van der Waals surface area contributed by atoms with E-state index < -0.39 is 0 Å². The van der Waals surface area contributed by atoms with Crippen molar-refractivity contribution in [3.63, 3.8) is 0 Å². The summed E-state index contributed by atoms with van der Waals surface area (Å²) in [5.41, 5.74) is 9.53. The van der Waals surface area contributed by atoms with Crippen molar-refractivity contribution in [2.75, 3.05) is 20.8 Å². The highest BCUT2D eigenvalue weighted by Gasteiger charge is 2.15. The molecule has 24 heavy (non-hydrogen) atoms. The molecule has 3 rings (SSSR count). The second-order valence-corrected chi connectivity index (χ2v) is 5.37. The van der Waals surface area contributed by atoms with Crippen LogP contribution < -0.4 is 15.2 Å². The maximum Gasteiger partial charge on any atom is 0.128 e. The van der Waals surface area contributed by atoms with Gasteiger partial charge in [0.15, 0.2) is 0 Å². The van der Waals surface area contributed by atoms with Crippen LogP contribution in [0.3, 0.4) is 0 Å². The van der Waals surface area contributed by atoms with Gasteiger partial charge in [-0.3, -0.25) is 0 Å². The Kier molecular flexibility index (Phi) is 4.82. The van der Waals surface area contributed by atoms with Gasteiger partial charge in [-0.05, 0) is 36.9 Å². The molecule has 5 heteroatoms. The largest absolute Gasteiger partial charge is 0.497 e. The van der Waals surface area contributed by atoms with Crippen LogP contribution >= 0.6 is 0 Å². The average molecular weight is 323 g/mol. The highest BCUT2D eigenvalue weighted by Crippen LogP contribution is 2.32. The molecular weight excluding hydrogens is 302 g/mol. The van der Waals surface area contributed by atoms with Crippen LogP contribution in [-0.2, 0) is 6.42 Å². The SMILES string of the molecule is COc1cccc(-n2nc(CCN)cc2-c2ccccc2OC)c1. The Morgan fingerprint density at radius 1 is 1.00 bits per heavy atom. The Morgan fingerprint density at radius 3 is 2.58 bits per heavy atom. The summed E-state index contributed by atoms with van der Waals surface area (Å²) in [6.45, 7) is 0.556. The molecular formula is C19H21N3O2. The van der Waals surface area contributed by atoms with E-state index in [4.69, 9.17) is 20.3 Å². The standard InChI is InChI=1S/C19H21N3O2/c1-23-16-7-5-6-15(13-16)22-18(12-14(21-22)10-11-20)17-8-3-4-9-19(17)24-2/h3-9,12-13H,10-11,20H2,1-2H3. The van der Waals surface area contributed by atoms with Crippen LogP contribution in [0.2, 0.25) is 0 Å². The van der Waals surface area contributed by atoms with E-state index in [9.17, 15) is 0 Å². The summed E-state index contributed by atoms with van der Waals surface area (Å²) >= 11 is 0. The third-order valence-corrected chi connectivity index (χ3v) is 3.84. The van der Waals surface area contributed by atoms with E-state index in [2.05, 4.69) is 6.07 Å². The maximum atomic E-state index is 5.71. The minimum Gasteiger partial charge on any atom is -0.497 e. The zero-order chi connectivity index (χ0) is 16.9. The molecule has 0 aliphatic heterocycles. The molecule has 0 atom stereocenters. The third-order valence-electron chi connectivity index (χ3n) is 3.84. The van der Waals surface area contributed by atoms with Crippen molar-refractivity contribution in [1.82, 2.24) is 9.78 Å². The lowest BCUT2D eigenvalue weighted by Crippen LogP contribution is -2.04. The number of aromatic nitrogens is 2. The molecule has 0 bridgehead atoms. The van der Waals surface area contributed by atoms with Gasteiger partial charge in [0, 0.05) is 18.1 Å². The normalized spacial score (nSPS) is 10.6. The van der Waals surface area contributed by atoms with Crippen molar-refractivity contribution >= 4 is 0 Å². The van der Waals surface area contributed by atoms with E-state index in [1.54, 1.807) is 14.2 Å². The van der Waals surface area contributed by atoms with Crippen LogP contribution in [0, 0.1) is 0 Å². The molecule has 0 aliphatic rings. The number of rotatable bonds is 6. The van der Waals surface area contributed by atoms with Gasteiger partial charge in [0.25, 0.3) is 0 Å². The molecule has 0 unspecified atom stereocenters. The van der Waals surface area contributed by atoms with Gasteiger partial charge >= 0.3 is 0 Å². The molecule has 124 valence electrons. The first-order chi connectivity index (χ1) is 11.8. The number of hydrogen-bond acceptors (Lipinski definition) is 4. The van der Waals surface area contributed by atoms with Gasteiger partial charge in [-0.25, -0.2) is 4.68 Å². The van der Waals surface area contributed by atoms with E-state index in [-0.39, 0.29) is 0 Å². The predicted octanol–water partition coefficient (Wildman–Crippen LogP) is 3.06. The topological polar surface area (TPSA) is 62.3 Å². The lowest BCUT2D eigenvalue weighted by Gasteiger charge is -2.11. The summed E-state index contributed by atoms with van der Waals surface area (Å²) in [5, 5.41) is 4.72. The van der Waals surface area contributed by atoms with Gasteiger partial charge < -0.3 is 15.2 Å². The van der Waals surface area contributed by atoms with Crippen LogP contribution in [-0.4, -0.2) is 30.5 Å². The number of nitrogens with two attached hydrogens (primary N) is 1. The zero-order valence-electron chi connectivity index (χ0n) is 13.9. The van der Waals surface area contributed by atoms with Gasteiger partial charge in [-0.2, -0.15) is 5.10 Å². The highest BCUT2D eigenvalue weighted by molar-refractivity contribution is 5.69. The summed E-state index contributed by atoms with van der Waals surface area (Å²) in [6, 6.07) is 17.8. The summed E-state index contributed by atoms with van der Waals surface area (Å²) in [5.74, 6) is 1.59. The van der Waals surface area contributed by atoms with Crippen LogP contribution in [0.5, 0.6) is 11.5 Å². The first kappa shape index (κ1) is 16.1. The van der Waals surface area contributed by atoms with Gasteiger partial charge in [0.2, 0.25) is 0 Å². The van der Waals surface area contributed by atoms with E-state index in [1.165, 1.54) is 0 Å². The van der Waals surface area contributed by atoms with Crippen LogP contribution in [0.4, 0.5) is 0 Å². The molecule has 0 aliphatic carbocycles. The number of para-hydroxylation sites is 1. The monoisotopic (exact) mass is 323 g/mol. The van der Waals surface area contributed by atoms with E-state index in [0.29, 0.717) is 6.54 Å². The number of benzene rings is 2. The minimum absolute atomic E-state index is 0.556. The Balaban J connectivity index is 2.17. The Labute approximate surface area is 141 Å². The smallest absolute Gasteiger partial charge is 0.128 e.